The molecule has 3 rings (SSSR count). The molecule has 0 bridgehead atoms. The van der Waals surface area contributed by atoms with Crippen LogP contribution < -0.4 is 16.0 Å². The lowest BCUT2D eigenvalue weighted by molar-refractivity contribution is -0.114. The maximum Gasteiger partial charge on any atom is 0.291 e. The van der Waals surface area contributed by atoms with Crippen molar-refractivity contribution < 1.29 is 14.0 Å². The van der Waals surface area contributed by atoms with Crippen LogP contribution in [0, 0.1) is 6.92 Å². The maximum atomic E-state index is 12.2. The number of carbonyl (C=O) groups excluding carboxylic acids is 2. The number of amides is 2. The molecule has 0 aliphatic carbocycles. The van der Waals surface area contributed by atoms with E-state index in [1.807, 2.05) is 13.0 Å². The van der Waals surface area contributed by atoms with Gasteiger partial charge < -0.3 is 20.4 Å². The predicted molar refractivity (Wildman–Crippen MR) is 106 cm³/mol. The highest BCUT2D eigenvalue weighted by molar-refractivity contribution is 6.30. The minimum absolute atomic E-state index is 0.0875. The molecule has 1 heterocycles. The van der Waals surface area contributed by atoms with E-state index >= 15 is 0 Å². The van der Waals surface area contributed by atoms with Crippen LogP contribution in [0.15, 0.2) is 65.3 Å². The smallest absolute Gasteiger partial charge is 0.291 e. The quantitative estimate of drug-likeness (QED) is 0.583. The van der Waals surface area contributed by atoms with E-state index in [4.69, 9.17) is 16.0 Å². The minimum atomic E-state index is -0.360. The van der Waals surface area contributed by atoms with Gasteiger partial charge in [-0.2, -0.15) is 0 Å². The number of furan rings is 1. The van der Waals surface area contributed by atoms with E-state index in [0.29, 0.717) is 16.4 Å². The van der Waals surface area contributed by atoms with Crippen LogP contribution in [0.5, 0.6) is 0 Å². The molecule has 6 nitrogen and oxygen atoms in total. The molecule has 7 heteroatoms. The van der Waals surface area contributed by atoms with Crippen LogP contribution in [0.4, 0.5) is 17.1 Å². The van der Waals surface area contributed by atoms with E-state index in [1.165, 1.54) is 6.26 Å². The van der Waals surface area contributed by atoms with Gasteiger partial charge in [-0.1, -0.05) is 23.7 Å². The number of anilines is 3. The topological polar surface area (TPSA) is 83.4 Å². The monoisotopic (exact) mass is 383 g/mol. The van der Waals surface area contributed by atoms with Crippen molar-refractivity contribution in [3.05, 3.63) is 77.2 Å². The first-order valence-electron chi connectivity index (χ1n) is 8.26. The molecule has 0 saturated carbocycles. The SMILES string of the molecule is Cc1ccc(Cl)cc1NCC(=O)Nc1cccc(NC(=O)c2ccco2)c1. The third-order valence-electron chi connectivity index (χ3n) is 3.79. The summed E-state index contributed by atoms with van der Waals surface area (Å²) >= 11 is 5.98. The first-order chi connectivity index (χ1) is 13.0. The van der Waals surface area contributed by atoms with Crippen LogP contribution in [-0.4, -0.2) is 18.4 Å². The molecule has 0 fully saturated rings. The maximum absolute atomic E-state index is 12.2. The number of rotatable bonds is 6. The molecular formula is C20H18ClN3O3. The highest BCUT2D eigenvalue weighted by Crippen LogP contribution is 2.20. The number of carbonyl (C=O) groups is 2. The molecule has 0 saturated heterocycles. The lowest BCUT2D eigenvalue weighted by atomic mass is 10.2. The molecule has 0 radical (unpaired) electrons. The summed E-state index contributed by atoms with van der Waals surface area (Å²) in [4.78, 5) is 24.2. The Kier molecular flexibility index (Phi) is 5.78. The third kappa shape index (κ3) is 5.12. The van der Waals surface area contributed by atoms with Crippen molar-refractivity contribution in [2.75, 3.05) is 22.5 Å². The van der Waals surface area contributed by atoms with Crippen molar-refractivity contribution in [3.8, 4) is 0 Å². The number of hydrogen-bond donors (Lipinski definition) is 3. The lowest BCUT2D eigenvalue weighted by Crippen LogP contribution is -2.22. The Morgan fingerprint density at radius 2 is 1.78 bits per heavy atom. The predicted octanol–water partition coefficient (Wildman–Crippen LogP) is 4.54. The van der Waals surface area contributed by atoms with Gasteiger partial charge >= 0.3 is 0 Å². The van der Waals surface area contributed by atoms with Crippen LogP contribution in [0.25, 0.3) is 0 Å². The Bertz CT molecular complexity index is 955. The summed E-state index contributed by atoms with van der Waals surface area (Å²) < 4.78 is 5.05. The third-order valence-corrected chi connectivity index (χ3v) is 4.02. The van der Waals surface area contributed by atoms with E-state index in [0.717, 1.165) is 11.3 Å². The van der Waals surface area contributed by atoms with Gasteiger partial charge in [-0.3, -0.25) is 9.59 Å². The molecule has 2 amide bonds. The Morgan fingerprint density at radius 3 is 2.52 bits per heavy atom. The van der Waals surface area contributed by atoms with Gasteiger partial charge in [-0.15, -0.1) is 0 Å². The number of nitrogens with one attached hydrogen (secondary N) is 3. The number of hydrogen-bond acceptors (Lipinski definition) is 4. The average molecular weight is 384 g/mol. The van der Waals surface area contributed by atoms with Gasteiger partial charge in [0.25, 0.3) is 5.91 Å². The molecular weight excluding hydrogens is 366 g/mol. The molecule has 1 aromatic heterocycles. The fraction of sp³-hybridized carbons (Fsp3) is 0.100. The first kappa shape index (κ1) is 18.5. The number of benzene rings is 2. The molecule has 0 unspecified atom stereocenters. The molecule has 3 N–H and O–H groups in total. The minimum Gasteiger partial charge on any atom is -0.459 e. The largest absolute Gasteiger partial charge is 0.459 e. The molecule has 138 valence electrons. The zero-order chi connectivity index (χ0) is 19.2. The van der Waals surface area contributed by atoms with Crippen molar-refractivity contribution in [3.63, 3.8) is 0 Å². The van der Waals surface area contributed by atoms with Crippen LogP contribution in [0.3, 0.4) is 0 Å². The van der Waals surface area contributed by atoms with Gasteiger partial charge in [-0.05, 0) is 55.0 Å². The molecule has 27 heavy (non-hydrogen) atoms. The summed E-state index contributed by atoms with van der Waals surface area (Å²) in [6, 6.07) is 15.5. The van der Waals surface area contributed by atoms with Crippen LogP contribution in [0.2, 0.25) is 5.02 Å². The Balaban J connectivity index is 1.58. The second kappa shape index (κ2) is 8.42. The second-order valence-corrected chi connectivity index (χ2v) is 6.31. The van der Waals surface area contributed by atoms with Crippen LogP contribution >= 0.6 is 11.6 Å². The van der Waals surface area contributed by atoms with E-state index in [-0.39, 0.29) is 24.1 Å². The van der Waals surface area contributed by atoms with Crippen molar-refractivity contribution in [2.45, 2.75) is 6.92 Å². The van der Waals surface area contributed by atoms with E-state index < -0.39 is 0 Å². The van der Waals surface area contributed by atoms with E-state index in [1.54, 1.807) is 48.5 Å². The normalized spacial score (nSPS) is 10.3. The first-order valence-corrected chi connectivity index (χ1v) is 8.64. The van der Waals surface area contributed by atoms with Crippen LogP contribution in [0.1, 0.15) is 16.1 Å². The summed E-state index contributed by atoms with van der Waals surface area (Å²) in [6.07, 6.45) is 1.43. The summed E-state index contributed by atoms with van der Waals surface area (Å²) in [7, 11) is 0. The van der Waals surface area contributed by atoms with Crippen molar-refractivity contribution >= 4 is 40.5 Å². The van der Waals surface area contributed by atoms with Gasteiger partial charge in [0, 0.05) is 22.1 Å². The fourth-order valence-corrected chi connectivity index (χ4v) is 2.61. The van der Waals surface area contributed by atoms with Gasteiger partial charge in [0.2, 0.25) is 5.91 Å². The zero-order valence-corrected chi connectivity index (χ0v) is 15.3. The van der Waals surface area contributed by atoms with Crippen LogP contribution in [-0.2, 0) is 4.79 Å². The van der Waals surface area contributed by atoms with Gasteiger partial charge in [0.15, 0.2) is 5.76 Å². The van der Waals surface area contributed by atoms with E-state index in [2.05, 4.69) is 16.0 Å². The summed E-state index contributed by atoms with van der Waals surface area (Å²) in [5, 5.41) is 9.16. The van der Waals surface area contributed by atoms with E-state index in [9.17, 15) is 9.59 Å². The molecule has 0 atom stereocenters. The fourth-order valence-electron chi connectivity index (χ4n) is 2.44. The Hall–Kier alpha value is -3.25. The lowest BCUT2D eigenvalue weighted by Gasteiger charge is -2.11. The Labute approximate surface area is 161 Å². The van der Waals surface area contributed by atoms with Crippen molar-refractivity contribution in [1.29, 1.82) is 0 Å². The molecule has 0 spiro atoms. The zero-order valence-electron chi connectivity index (χ0n) is 14.6. The standard InChI is InChI=1S/C20H18ClN3O3/c1-13-7-8-14(21)10-17(13)22-12-19(25)23-15-4-2-5-16(11-15)24-20(26)18-6-3-9-27-18/h2-11,22H,12H2,1H3,(H,23,25)(H,24,26). The van der Waals surface area contributed by atoms with Crippen molar-refractivity contribution in [2.24, 2.45) is 0 Å². The van der Waals surface area contributed by atoms with Gasteiger partial charge in [0.05, 0.1) is 12.8 Å². The summed E-state index contributed by atoms with van der Waals surface area (Å²) in [5.74, 6) is -0.365. The van der Waals surface area contributed by atoms with Gasteiger partial charge in [0.1, 0.15) is 0 Å². The Morgan fingerprint density at radius 1 is 1.00 bits per heavy atom. The average Bonchev–Trinajstić information content (AvgIpc) is 3.18. The second-order valence-electron chi connectivity index (χ2n) is 5.87. The summed E-state index contributed by atoms with van der Waals surface area (Å²) in [6.45, 7) is 2.02. The molecule has 3 aromatic rings. The van der Waals surface area contributed by atoms with Crippen molar-refractivity contribution in [1.82, 2.24) is 0 Å². The molecule has 0 aliphatic rings. The highest BCUT2D eigenvalue weighted by Gasteiger charge is 2.10. The molecule has 0 aliphatic heterocycles. The number of aryl methyl sites for hydroxylation is 1. The number of halogens is 1. The highest BCUT2D eigenvalue weighted by atomic mass is 35.5. The van der Waals surface area contributed by atoms with Gasteiger partial charge in [-0.25, -0.2) is 0 Å². The molecule has 2 aromatic carbocycles. The summed E-state index contributed by atoms with van der Waals surface area (Å²) in [5.41, 5.74) is 2.92.